The number of carbonyl (C=O) groups excluding carboxylic acids is 1. The second kappa shape index (κ2) is 5.78. The third kappa shape index (κ3) is 2.77. The van der Waals surface area contributed by atoms with Crippen LogP contribution < -0.4 is 0 Å². The van der Waals surface area contributed by atoms with Crippen molar-refractivity contribution in [1.82, 2.24) is 9.88 Å². The summed E-state index contributed by atoms with van der Waals surface area (Å²) < 4.78 is 13.2. The van der Waals surface area contributed by atoms with Crippen molar-refractivity contribution in [3.05, 3.63) is 29.8 Å². The number of pyridine rings is 1. The van der Waals surface area contributed by atoms with Crippen molar-refractivity contribution in [3.63, 3.8) is 0 Å². The van der Waals surface area contributed by atoms with E-state index in [1.807, 2.05) is 13.8 Å². The molecule has 0 saturated carbocycles. The van der Waals surface area contributed by atoms with E-state index in [0.29, 0.717) is 5.75 Å². The summed E-state index contributed by atoms with van der Waals surface area (Å²) in [5.74, 6) is -1.70. The van der Waals surface area contributed by atoms with Crippen LogP contribution in [0.2, 0.25) is 0 Å². The maximum atomic E-state index is 13.2. The largest absolute Gasteiger partial charge is 0.480 e. The second-order valence-electron chi connectivity index (χ2n) is 4.93. The van der Waals surface area contributed by atoms with Gasteiger partial charge in [-0.25, -0.2) is 9.18 Å². The van der Waals surface area contributed by atoms with Gasteiger partial charge in [0.05, 0.1) is 17.1 Å². The van der Waals surface area contributed by atoms with Crippen LogP contribution in [0, 0.1) is 11.7 Å². The predicted octanol–water partition coefficient (Wildman–Crippen LogP) is 1.85. The van der Waals surface area contributed by atoms with Gasteiger partial charge in [-0.3, -0.25) is 9.78 Å². The zero-order chi connectivity index (χ0) is 14.9. The van der Waals surface area contributed by atoms with E-state index in [0.717, 1.165) is 12.3 Å². The molecule has 1 saturated heterocycles. The van der Waals surface area contributed by atoms with Crippen LogP contribution >= 0.6 is 11.8 Å². The normalized spacial score (nSPS) is 22.3. The second-order valence-corrected chi connectivity index (χ2v) is 6.08. The van der Waals surface area contributed by atoms with Crippen molar-refractivity contribution in [3.8, 4) is 0 Å². The number of carbonyl (C=O) groups is 2. The number of rotatable bonds is 3. The Labute approximate surface area is 120 Å². The van der Waals surface area contributed by atoms with Gasteiger partial charge in [0.15, 0.2) is 0 Å². The van der Waals surface area contributed by atoms with Gasteiger partial charge in [-0.2, -0.15) is 0 Å². The summed E-state index contributed by atoms with van der Waals surface area (Å²) in [6.45, 7) is 3.85. The zero-order valence-electron chi connectivity index (χ0n) is 11.1. The lowest BCUT2D eigenvalue weighted by molar-refractivity contribution is -0.141. The first-order chi connectivity index (χ1) is 9.41. The minimum Gasteiger partial charge on any atom is -0.480 e. The van der Waals surface area contributed by atoms with Crippen LogP contribution in [0.25, 0.3) is 0 Å². The Morgan fingerprint density at radius 2 is 2.20 bits per heavy atom. The Hall–Kier alpha value is -1.63. The predicted molar refractivity (Wildman–Crippen MR) is 72.9 cm³/mol. The maximum absolute atomic E-state index is 13.2. The van der Waals surface area contributed by atoms with Crippen molar-refractivity contribution < 1.29 is 19.1 Å². The third-order valence-electron chi connectivity index (χ3n) is 3.08. The van der Waals surface area contributed by atoms with E-state index in [1.54, 1.807) is 0 Å². The number of aromatic nitrogens is 1. The van der Waals surface area contributed by atoms with E-state index in [1.165, 1.54) is 22.9 Å². The van der Waals surface area contributed by atoms with Crippen LogP contribution in [0.4, 0.5) is 4.39 Å². The molecular weight excluding hydrogens is 283 g/mol. The molecule has 1 aromatic heterocycles. The van der Waals surface area contributed by atoms with Gasteiger partial charge in [-0.05, 0) is 12.0 Å². The highest BCUT2D eigenvalue weighted by molar-refractivity contribution is 8.00. The first kappa shape index (κ1) is 14.8. The molecule has 1 fully saturated rings. The van der Waals surface area contributed by atoms with E-state index in [4.69, 9.17) is 0 Å². The van der Waals surface area contributed by atoms with Crippen molar-refractivity contribution in [2.45, 2.75) is 25.3 Å². The molecule has 1 N–H and O–H groups in total. The van der Waals surface area contributed by atoms with E-state index >= 15 is 0 Å². The SMILES string of the molecule is CC(C)C1SCC(C(=O)O)N1C(=O)c1cncc(F)c1. The number of hydrogen-bond donors (Lipinski definition) is 1. The van der Waals surface area contributed by atoms with Crippen LogP contribution in [0.15, 0.2) is 18.5 Å². The summed E-state index contributed by atoms with van der Waals surface area (Å²) in [5.41, 5.74) is 0.0735. The molecule has 2 atom stereocenters. The quantitative estimate of drug-likeness (QED) is 0.922. The molecule has 5 nitrogen and oxygen atoms in total. The van der Waals surface area contributed by atoms with E-state index < -0.39 is 23.7 Å². The molecule has 2 unspecified atom stereocenters. The van der Waals surface area contributed by atoms with Gasteiger partial charge in [-0.1, -0.05) is 13.8 Å². The molecular formula is C13H15FN2O3S. The number of carboxylic acids is 1. The topological polar surface area (TPSA) is 70.5 Å². The van der Waals surface area contributed by atoms with Gasteiger partial charge in [0.25, 0.3) is 5.91 Å². The summed E-state index contributed by atoms with van der Waals surface area (Å²) >= 11 is 1.43. The summed E-state index contributed by atoms with van der Waals surface area (Å²) in [6.07, 6.45) is 2.26. The van der Waals surface area contributed by atoms with Crippen molar-refractivity contribution in [2.24, 2.45) is 5.92 Å². The smallest absolute Gasteiger partial charge is 0.327 e. The molecule has 2 rings (SSSR count). The van der Waals surface area contributed by atoms with Crippen LogP contribution in [0.1, 0.15) is 24.2 Å². The van der Waals surface area contributed by atoms with Gasteiger partial charge in [0, 0.05) is 11.9 Å². The fourth-order valence-electron chi connectivity index (χ4n) is 2.17. The van der Waals surface area contributed by atoms with Crippen LogP contribution in [-0.4, -0.2) is 44.0 Å². The Bertz CT molecular complexity index is 538. The lowest BCUT2D eigenvalue weighted by Crippen LogP contribution is -2.47. The Morgan fingerprint density at radius 1 is 1.50 bits per heavy atom. The molecule has 0 spiro atoms. The summed E-state index contributed by atoms with van der Waals surface area (Å²) in [5, 5.41) is 9.01. The lowest BCUT2D eigenvalue weighted by atomic mass is 10.1. The molecule has 0 radical (unpaired) electrons. The van der Waals surface area contributed by atoms with Gasteiger partial charge in [-0.15, -0.1) is 11.8 Å². The Kier molecular flexibility index (Phi) is 4.27. The highest BCUT2D eigenvalue weighted by atomic mass is 32.2. The fourth-order valence-corrected chi connectivity index (χ4v) is 3.64. The molecule has 7 heteroatoms. The molecule has 1 aromatic rings. The van der Waals surface area contributed by atoms with Crippen LogP contribution in [0.5, 0.6) is 0 Å². The van der Waals surface area contributed by atoms with Gasteiger partial charge >= 0.3 is 5.97 Å². The summed E-state index contributed by atoms with van der Waals surface area (Å²) in [4.78, 5) is 28.7. The lowest BCUT2D eigenvalue weighted by Gasteiger charge is -2.29. The van der Waals surface area contributed by atoms with E-state index in [-0.39, 0.29) is 16.9 Å². The minimum atomic E-state index is -1.04. The molecule has 0 aliphatic carbocycles. The highest BCUT2D eigenvalue weighted by Gasteiger charge is 2.43. The number of nitrogens with zero attached hydrogens (tertiary/aromatic N) is 2. The fraction of sp³-hybridized carbons (Fsp3) is 0.462. The zero-order valence-corrected chi connectivity index (χ0v) is 11.9. The monoisotopic (exact) mass is 298 g/mol. The van der Waals surface area contributed by atoms with Gasteiger partial charge in [0.2, 0.25) is 0 Å². The number of hydrogen-bond acceptors (Lipinski definition) is 4. The summed E-state index contributed by atoms with van der Waals surface area (Å²) in [7, 11) is 0. The molecule has 108 valence electrons. The molecule has 0 bridgehead atoms. The van der Waals surface area contributed by atoms with Crippen molar-refractivity contribution in [1.29, 1.82) is 0 Å². The van der Waals surface area contributed by atoms with Gasteiger partial charge in [0.1, 0.15) is 11.9 Å². The molecule has 1 aliphatic rings. The highest BCUT2D eigenvalue weighted by Crippen LogP contribution is 2.35. The number of halogens is 1. The average molecular weight is 298 g/mol. The number of aliphatic carboxylic acids is 1. The van der Waals surface area contributed by atoms with Crippen molar-refractivity contribution in [2.75, 3.05) is 5.75 Å². The van der Waals surface area contributed by atoms with E-state index in [2.05, 4.69) is 4.98 Å². The van der Waals surface area contributed by atoms with Gasteiger partial charge < -0.3 is 10.0 Å². The first-order valence-electron chi connectivity index (χ1n) is 6.19. The third-order valence-corrected chi connectivity index (χ3v) is 4.70. The van der Waals surface area contributed by atoms with Crippen molar-refractivity contribution >= 4 is 23.6 Å². The first-order valence-corrected chi connectivity index (χ1v) is 7.24. The molecule has 2 heterocycles. The van der Waals surface area contributed by atoms with E-state index in [9.17, 15) is 19.1 Å². The average Bonchev–Trinajstić information content (AvgIpc) is 2.82. The number of thioether (sulfide) groups is 1. The Morgan fingerprint density at radius 3 is 2.75 bits per heavy atom. The molecule has 20 heavy (non-hydrogen) atoms. The molecule has 1 amide bonds. The Balaban J connectivity index is 2.34. The standard InChI is InChI=1S/C13H15FN2O3S/c1-7(2)12-16(10(6-20-12)13(18)19)11(17)8-3-9(14)5-15-4-8/h3-5,7,10,12H,6H2,1-2H3,(H,18,19). The maximum Gasteiger partial charge on any atom is 0.327 e. The minimum absolute atomic E-state index is 0.0735. The molecule has 0 aromatic carbocycles. The number of amides is 1. The van der Waals surface area contributed by atoms with Crippen LogP contribution in [0.3, 0.4) is 0 Å². The number of carboxylic acid groups (broad SMARTS) is 1. The molecule has 1 aliphatic heterocycles. The summed E-state index contributed by atoms with van der Waals surface area (Å²) in [6, 6.07) is 0.192. The van der Waals surface area contributed by atoms with Crippen LogP contribution in [-0.2, 0) is 4.79 Å².